The highest BCUT2D eigenvalue weighted by Crippen LogP contribution is 2.46. The van der Waals surface area contributed by atoms with Crippen LogP contribution in [-0.2, 0) is 112 Å². The minimum Gasteiger partial charge on any atom is -0.461 e. The van der Waals surface area contributed by atoms with Gasteiger partial charge in [0.1, 0.15) is 79.0 Å². The van der Waals surface area contributed by atoms with Crippen molar-refractivity contribution in [3.8, 4) is 0 Å². The molecule has 11 unspecified atom stereocenters. The second-order valence-electron chi connectivity index (χ2n) is 30.0. The Bertz CT molecular complexity index is 3330. The molecule has 0 aliphatic carbocycles. The molecule has 0 amide bonds. The quantitative estimate of drug-likeness (QED) is 0.0178. The van der Waals surface area contributed by atoms with Crippen LogP contribution in [0.15, 0.2) is 110 Å². The molecule has 2 rings (SSSR count). The van der Waals surface area contributed by atoms with Crippen molar-refractivity contribution in [2.75, 3.05) is 62.3 Å². The maximum absolute atomic E-state index is 12.8. The maximum atomic E-state index is 12.8. The number of carbonyl (C=O) groups is 13. The summed E-state index contributed by atoms with van der Waals surface area (Å²) in [5.41, 5.74) is 2.96. The third-order valence-electron chi connectivity index (χ3n) is 15.7. The largest absolute Gasteiger partial charge is 0.506 e. The van der Waals surface area contributed by atoms with Gasteiger partial charge in [-0.2, -0.15) is 9.79 Å². The lowest BCUT2D eigenvalue weighted by atomic mass is 10.0. The SMILES string of the molecule is C=C(C)C(=O)OCc1ccccc1.C=C(CCC(C)=O)C(C)=O.C=C(CCC(C)=O)C(C)=O.C=CC(C)=O.CC(=O)CCC(C[P+](=O)O)C(C)=O.CC(=O)CCC(C[P+](=O)O)C(C)=O.CC(=O)CCC(C[P+](C)=O)C(C)=O.CC(C)(C)O.CCCC(CC)CP(C)(=O)CC(C)C(=O)OCc1ccccc1.CCCCC(C)C[P+](C)=O.ClCCl.O=PO.[NH4+]. The molecule has 0 heterocycles. The Labute approximate surface area is 745 Å². The van der Waals surface area contributed by atoms with Crippen molar-refractivity contribution in [1.29, 1.82) is 0 Å². The Morgan fingerprint density at radius 2 is 0.828 bits per heavy atom. The molecule has 0 saturated carbocycles. The fraction of sp³-hybridized carbons (Fsp3) is 0.625. The minimum atomic E-state index is -2.30. The first kappa shape index (κ1) is 139. The van der Waals surface area contributed by atoms with Gasteiger partial charge in [0.2, 0.25) is 0 Å². The Kier molecular flexibility index (Phi) is 102. The number of ether oxygens (including phenoxy) is 2. The van der Waals surface area contributed by atoms with E-state index in [4.69, 9.17) is 57.0 Å². The second-order valence-corrected chi connectivity index (χ2v) is 39.7. The van der Waals surface area contributed by atoms with Gasteiger partial charge in [-0.1, -0.05) is 163 Å². The van der Waals surface area contributed by atoms with E-state index >= 15 is 0 Å². The predicted octanol–water partition coefficient (Wildman–Crippen LogP) is 21.9. The number of ketones is 11. The van der Waals surface area contributed by atoms with Gasteiger partial charge in [-0.05, 0) is 198 Å². The Hall–Kier alpha value is -6.18. The number of hydrogen-bond acceptors (Lipinski definition) is 22. The van der Waals surface area contributed by atoms with Gasteiger partial charge < -0.3 is 54.2 Å². The van der Waals surface area contributed by atoms with E-state index in [1.165, 1.54) is 101 Å². The number of esters is 2. The lowest BCUT2D eigenvalue weighted by Crippen LogP contribution is -2.20. The number of quaternary nitrogens is 1. The van der Waals surface area contributed by atoms with Crippen molar-refractivity contribution >= 4 is 146 Å². The molecule has 0 bridgehead atoms. The van der Waals surface area contributed by atoms with E-state index in [-0.39, 0.29) is 118 Å². The lowest BCUT2D eigenvalue weighted by molar-refractivity contribution is -0.148. The predicted molar refractivity (Wildman–Crippen MR) is 500 cm³/mol. The van der Waals surface area contributed by atoms with Crippen molar-refractivity contribution in [3.63, 3.8) is 0 Å². The molecule has 11 atom stereocenters. The zero-order valence-electron chi connectivity index (χ0n) is 77.6. The Morgan fingerprint density at radius 3 is 1.07 bits per heavy atom. The van der Waals surface area contributed by atoms with Crippen molar-refractivity contribution in [2.24, 2.45) is 35.5 Å². The summed E-state index contributed by atoms with van der Waals surface area (Å²) in [6, 6.07) is 19.2. The number of unbranched alkanes of at least 4 members (excludes halogenated alkanes) is 1. The first-order chi connectivity index (χ1) is 55.7. The van der Waals surface area contributed by atoms with Crippen LogP contribution in [0.5, 0.6) is 0 Å². The summed E-state index contributed by atoms with van der Waals surface area (Å²) in [6.45, 7) is 53.0. The van der Waals surface area contributed by atoms with Crippen LogP contribution in [0.4, 0.5) is 0 Å². The van der Waals surface area contributed by atoms with E-state index in [0.29, 0.717) is 112 Å². The fourth-order valence-electron chi connectivity index (χ4n) is 9.00. The lowest BCUT2D eigenvalue weighted by Gasteiger charge is -2.22. The summed E-state index contributed by atoms with van der Waals surface area (Å²) in [6.07, 6.45) is 15.0. The van der Waals surface area contributed by atoms with E-state index < -0.39 is 64.9 Å². The zero-order valence-corrected chi connectivity index (χ0v) is 84.5. The number of benzene rings is 2. The summed E-state index contributed by atoms with van der Waals surface area (Å²) in [4.78, 5) is 164. The zero-order chi connectivity index (χ0) is 96.7. The van der Waals surface area contributed by atoms with Crippen LogP contribution in [0, 0.1) is 35.5 Å². The molecule has 698 valence electrons. The van der Waals surface area contributed by atoms with Crippen LogP contribution in [0.2, 0.25) is 0 Å². The maximum Gasteiger partial charge on any atom is 0.506 e. The van der Waals surface area contributed by atoms with Crippen molar-refractivity contribution in [1.82, 2.24) is 6.15 Å². The molecule has 26 nitrogen and oxygen atoms in total. The summed E-state index contributed by atoms with van der Waals surface area (Å²) in [5.74, 6) is -0.807. The van der Waals surface area contributed by atoms with Gasteiger partial charge in [0.15, 0.2) is 35.8 Å². The van der Waals surface area contributed by atoms with Crippen LogP contribution in [-0.4, -0.2) is 163 Å². The van der Waals surface area contributed by atoms with Crippen LogP contribution in [0.3, 0.4) is 0 Å². The van der Waals surface area contributed by atoms with E-state index in [1.807, 2.05) is 80.9 Å². The number of alkyl halides is 2. The Balaban J connectivity index is -0.000000126. The highest BCUT2D eigenvalue weighted by molar-refractivity contribution is 7.63. The molecule has 0 fully saturated rings. The first-order valence-corrected chi connectivity index (χ1v) is 50.6. The molecule has 2 aromatic carbocycles. The fourth-order valence-corrected chi connectivity index (χ4v) is 15.7. The minimum absolute atomic E-state index is 0. The van der Waals surface area contributed by atoms with Crippen LogP contribution >= 0.6 is 70.7 Å². The van der Waals surface area contributed by atoms with Gasteiger partial charge in [-0.15, -0.1) is 23.2 Å². The molecule has 8 N–H and O–H groups in total. The number of hydrogen-bond donors (Lipinski definition) is 5. The van der Waals surface area contributed by atoms with Gasteiger partial charge in [0.25, 0.3) is 0 Å². The third kappa shape index (κ3) is 120. The van der Waals surface area contributed by atoms with Gasteiger partial charge in [-0.25, -0.2) is 9.36 Å². The molecular weight excluding hydrogens is 1730 g/mol. The molecule has 0 radical (unpaired) electrons. The number of rotatable bonds is 45. The van der Waals surface area contributed by atoms with Gasteiger partial charge >= 0.3 is 52.3 Å². The van der Waals surface area contributed by atoms with Crippen LogP contribution in [0.1, 0.15) is 252 Å². The first-order valence-electron chi connectivity index (χ1n) is 39.7. The van der Waals surface area contributed by atoms with Gasteiger partial charge in [0, 0.05) is 50.0 Å². The molecule has 0 saturated heterocycles. The third-order valence-corrected chi connectivity index (χ3v) is 21.9. The van der Waals surface area contributed by atoms with E-state index in [2.05, 4.69) is 54.0 Å². The summed E-state index contributed by atoms with van der Waals surface area (Å²) in [7, 11) is -9.90. The number of Topliss-reactive ketones (excluding diaryl/α,β-unsaturated/α-hetero) is 10. The molecule has 0 aliphatic rings. The average Bonchev–Trinajstić information content (AvgIpc) is 0.872. The number of carbonyl (C=O) groups excluding carboxylic acids is 13. The summed E-state index contributed by atoms with van der Waals surface area (Å²) >= 11 is 9.53. The van der Waals surface area contributed by atoms with Gasteiger partial charge in [0.05, 0.1) is 41.8 Å². The monoisotopic (exact) mass is 1880 g/mol. The topological polar surface area (TPSA) is 460 Å². The van der Waals surface area contributed by atoms with Crippen LogP contribution in [0.25, 0.3) is 0 Å². The number of aliphatic hydroxyl groups is 1. The average molecular weight is 1880 g/mol. The van der Waals surface area contributed by atoms with E-state index in [0.717, 1.165) is 42.7 Å². The molecule has 0 aliphatic heterocycles. The normalized spacial score (nSPS) is 12.2. The molecule has 0 spiro atoms. The molecule has 2 aromatic rings. The molecule has 34 heteroatoms. The van der Waals surface area contributed by atoms with Crippen molar-refractivity contribution in [3.05, 3.63) is 121 Å². The Morgan fingerprint density at radius 1 is 0.525 bits per heavy atom. The molecule has 122 heavy (non-hydrogen) atoms. The number of allylic oxidation sites excluding steroid dienone is 3. The van der Waals surface area contributed by atoms with E-state index in [9.17, 15) is 85.2 Å². The molecular formula is C88H152Cl2NO25P6+5. The van der Waals surface area contributed by atoms with Gasteiger partial charge in [-0.3, -0.25) is 33.6 Å². The van der Waals surface area contributed by atoms with Crippen LogP contribution < -0.4 is 6.15 Å². The summed E-state index contributed by atoms with van der Waals surface area (Å²) in [5, 5.41) is 8.72. The standard InChI is InChI=1S/C19H31O3P.C11H12O2.C9H16O3P.2C8H13O4P.2C8H12O2.C8H18OP.C4H10O.C4H6O.CH2Cl2.H3N.HO2P/c1-5-10-17(6-2)15-23(4,21)14-16(3)19(20)22-13-18-11-8-7-9-12-18;1-9(2)11(12)13-8-10-6-4-3-5-7-10;1-7(10)4-5-9(8(2)11)6-13(3)12;2*1-6(9)3-4-8(7(2)10)5-13(11)12;2*1-6(8(3)10)4-5-7(2)9;1-4-5-6-8(2)7-10(3)9;1-4(2,3)5;1-3-4(2)5;2-1-3;;1-3-2/h7-9,11-12,16-17H,5-6,10,13-15H2,1-4H3;3-7H,1,8H2,2H3;9H,4-6H2,1-3H3;2*8H,3-5H2,1-2H3;2*1,4-5H2,2-3H3;8H,4-7H2,1-3H3;5H,1-3H3;3H,1H2,2H3;1H2;1H3;(H,1,2)/q;;+1;;;;;+1;;;;;/p+3. The van der Waals surface area contributed by atoms with Crippen molar-refractivity contribution in [2.45, 2.75) is 260 Å². The highest BCUT2D eigenvalue weighted by atomic mass is 35.5. The highest BCUT2D eigenvalue weighted by Gasteiger charge is 2.29. The number of halogens is 2. The summed E-state index contributed by atoms with van der Waals surface area (Å²) < 4.78 is 74.2. The molecule has 0 aromatic heterocycles. The smallest absolute Gasteiger partial charge is 0.461 e. The van der Waals surface area contributed by atoms with Crippen molar-refractivity contribution < 1.29 is 119 Å². The second kappa shape index (κ2) is 89.6. The van der Waals surface area contributed by atoms with E-state index in [1.54, 1.807) is 34.4 Å².